The molecule has 0 spiro atoms. The van der Waals surface area contributed by atoms with Crippen LogP contribution >= 0.6 is 11.8 Å². The predicted molar refractivity (Wildman–Crippen MR) is 48.7 cm³/mol. The first kappa shape index (κ1) is 11.3. The highest BCUT2D eigenvalue weighted by Crippen LogP contribution is 2.03. The van der Waals surface area contributed by atoms with E-state index in [1.165, 1.54) is 18.0 Å². The van der Waals surface area contributed by atoms with Crippen molar-refractivity contribution in [3.63, 3.8) is 0 Å². The second kappa shape index (κ2) is 5.00. The van der Waals surface area contributed by atoms with E-state index in [0.29, 0.717) is 11.5 Å². The smallest absolute Gasteiger partial charge is 0.148 e. The molecule has 0 saturated heterocycles. The van der Waals surface area contributed by atoms with E-state index in [-0.39, 0.29) is 11.9 Å². The number of aliphatic hydroxyl groups is 1. The predicted octanol–water partition coefficient (Wildman–Crippen LogP) is 0.145. The second-order valence-corrected chi connectivity index (χ2v) is 5.96. The van der Waals surface area contributed by atoms with Crippen LogP contribution in [0.5, 0.6) is 0 Å². The van der Waals surface area contributed by atoms with Gasteiger partial charge >= 0.3 is 0 Å². The van der Waals surface area contributed by atoms with Crippen LogP contribution in [-0.4, -0.2) is 43.1 Å². The highest BCUT2D eigenvalue weighted by Gasteiger charge is 2.02. The van der Waals surface area contributed by atoms with Gasteiger partial charge in [-0.05, 0) is 6.92 Å². The molecule has 0 bridgehead atoms. The molecule has 0 rings (SSSR count). The zero-order valence-corrected chi connectivity index (χ0v) is 8.41. The van der Waals surface area contributed by atoms with Gasteiger partial charge in [0, 0.05) is 17.8 Å². The Morgan fingerprint density at radius 2 is 2.09 bits per heavy atom. The Bertz CT molecular complexity index is 184. The van der Waals surface area contributed by atoms with Crippen LogP contribution in [0.25, 0.3) is 0 Å². The van der Waals surface area contributed by atoms with Crippen molar-refractivity contribution in [3.8, 4) is 0 Å². The van der Waals surface area contributed by atoms with Gasteiger partial charge in [0.2, 0.25) is 0 Å². The Labute approximate surface area is 72.1 Å². The average molecular weight is 198 g/mol. The third-order valence-electron chi connectivity index (χ3n) is 0.958. The molecule has 0 aromatic heterocycles. The number of sulfone groups is 1. The molecule has 1 N–H and O–H groups in total. The Hall–Kier alpha value is 0.260. The molecule has 0 unspecified atom stereocenters. The van der Waals surface area contributed by atoms with Crippen molar-refractivity contribution in [2.24, 2.45) is 0 Å². The van der Waals surface area contributed by atoms with E-state index >= 15 is 0 Å². The fourth-order valence-corrected chi connectivity index (χ4v) is 2.65. The van der Waals surface area contributed by atoms with Gasteiger partial charge in [0.05, 0.1) is 11.9 Å². The molecule has 0 fully saturated rings. The molecular weight excluding hydrogens is 184 g/mol. The molecule has 0 aromatic rings. The lowest BCUT2D eigenvalue weighted by Gasteiger charge is -2.02. The minimum absolute atomic E-state index is 0.199. The third kappa shape index (κ3) is 10.3. The van der Waals surface area contributed by atoms with E-state index in [4.69, 9.17) is 5.11 Å². The summed E-state index contributed by atoms with van der Waals surface area (Å²) in [4.78, 5) is 0. The van der Waals surface area contributed by atoms with E-state index in [1.54, 1.807) is 6.92 Å². The molecule has 1 atom stereocenters. The minimum atomic E-state index is -2.82. The number of hydrogen-bond donors (Lipinski definition) is 1. The van der Waals surface area contributed by atoms with Gasteiger partial charge in [-0.2, -0.15) is 11.8 Å². The molecular formula is C6H14O3S2. The summed E-state index contributed by atoms with van der Waals surface area (Å²) in [5, 5.41) is 8.81. The van der Waals surface area contributed by atoms with Gasteiger partial charge in [-0.25, -0.2) is 8.42 Å². The molecule has 0 aliphatic carbocycles. The minimum Gasteiger partial charge on any atom is -0.393 e. The number of rotatable bonds is 5. The largest absolute Gasteiger partial charge is 0.393 e. The second-order valence-electron chi connectivity index (χ2n) is 2.55. The van der Waals surface area contributed by atoms with Crippen LogP contribution < -0.4 is 0 Å². The summed E-state index contributed by atoms with van der Waals surface area (Å²) in [7, 11) is -2.82. The summed E-state index contributed by atoms with van der Waals surface area (Å²) in [5.41, 5.74) is 0. The molecule has 68 valence electrons. The quantitative estimate of drug-likeness (QED) is 0.639. The summed E-state index contributed by atoms with van der Waals surface area (Å²) in [5.74, 6) is 1.38. The van der Waals surface area contributed by atoms with Crippen molar-refractivity contribution in [1.82, 2.24) is 0 Å². The number of hydrogen-bond acceptors (Lipinski definition) is 4. The third-order valence-corrected chi connectivity index (χ3v) is 3.37. The Morgan fingerprint density at radius 1 is 1.55 bits per heavy atom. The van der Waals surface area contributed by atoms with Gasteiger partial charge in [-0.1, -0.05) is 0 Å². The monoisotopic (exact) mass is 198 g/mol. The molecule has 0 aromatic carbocycles. The van der Waals surface area contributed by atoms with Crippen molar-refractivity contribution < 1.29 is 13.5 Å². The first-order chi connectivity index (χ1) is 4.92. The molecule has 0 radical (unpaired) electrons. The zero-order chi connectivity index (χ0) is 8.91. The van der Waals surface area contributed by atoms with Gasteiger partial charge in [0.1, 0.15) is 9.84 Å². The first-order valence-corrected chi connectivity index (χ1v) is 6.57. The van der Waals surface area contributed by atoms with Gasteiger partial charge in [0.15, 0.2) is 0 Å². The van der Waals surface area contributed by atoms with Crippen LogP contribution in [0.4, 0.5) is 0 Å². The molecule has 3 nitrogen and oxygen atoms in total. The average Bonchev–Trinajstić information content (AvgIpc) is 1.78. The van der Waals surface area contributed by atoms with E-state index in [2.05, 4.69) is 0 Å². The molecule has 0 saturated carbocycles. The van der Waals surface area contributed by atoms with Crippen LogP contribution in [-0.2, 0) is 9.84 Å². The normalized spacial score (nSPS) is 14.8. The lowest BCUT2D eigenvalue weighted by atomic mass is 10.5. The van der Waals surface area contributed by atoms with E-state index < -0.39 is 9.84 Å². The van der Waals surface area contributed by atoms with Crippen LogP contribution in [0.2, 0.25) is 0 Å². The van der Waals surface area contributed by atoms with E-state index in [9.17, 15) is 8.42 Å². The maximum Gasteiger partial charge on any atom is 0.148 e. The van der Waals surface area contributed by atoms with Crippen molar-refractivity contribution in [1.29, 1.82) is 0 Å². The van der Waals surface area contributed by atoms with Crippen molar-refractivity contribution in [3.05, 3.63) is 0 Å². The lowest BCUT2D eigenvalue weighted by Crippen LogP contribution is -2.08. The first-order valence-electron chi connectivity index (χ1n) is 3.35. The highest BCUT2D eigenvalue weighted by atomic mass is 32.2. The van der Waals surface area contributed by atoms with Crippen molar-refractivity contribution in [2.75, 3.05) is 23.5 Å². The summed E-state index contributed by atoms with van der Waals surface area (Å²) in [6.07, 6.45) is 0.871. The number of thioether (sulfide) groups is 1. The molecule has 11 heavy (non-hydrogen) atoms. The Morgan fingerprint density at radius 3 is 2.45 bits per heavy atom. The van der Waals surface area contributed by atoms with Gasteiger partial charge in [-0.3, -0.25) is 0 Å². The Balaban J connectivity index is 3.30. The van der Waals surface area contributed by atoms with E-state index in [0.717, 1.165) is 0 Å². The molecule has 5 heteroatoms. The molecule has 0 aliphatic rings. The van der Waals surface area contributed by atoms with Gasteiger partial charge < -0.3 is 5.11 Å². The van der Waals surface area contributed by atoms with Crippen LogP contribution in [0.15, 0.2) is 0 Å². The maximum atomic E-state index is 10.6. The summed E-state index contributed by atoms with van der Waals surface area (Å²) >= 11 is 1.46. The standard InChI is InChI=1S/C6H14O3S2/c1-6(7)5-10-3-4-11(2,8)9/h6-7H,3-5H2,1-2H3/t6-/m1/s1. The lowest BCUT2D eigenvalue weighted by molar-refractivity contribution is 0.220. The molecule has 0 heterocycles. The SMILES string of the molecule is C[C@@H](O)CSCCS(C)(=O)=O. The summed E-state index contributed by atoms with van der Waals surface area (Å²) in [6, 6.07) is 0. The topological polar surface area (TPSA) is 54.4 Å². The fraction of sp³-hybridized carbons (Fsp3) is 1.00. The van der Waals surface area contributed by atoms with Crippen LogP contribution in [0.1, 0.15) is 6.92 Å². The van der Waals surface area contributed by atoms with Gasteiger partial charge in [0.25, 0.3) is 0 Å². The maximum absolute atomic E-state index is 10.6. The summed E-state index contributed by atoms with van der Waals surface area (Å²) < 4.78 is 21.2. The van der Waals surface area contributed by atoms with Crippen molar-refractivity contribution >= 4 is 21.6 Å². The highest BCUT2D eigenvalue weighted by molar-refractivity contribution is 8.00. The number of aliphatic hydroxyl groups excluding tert-OH is 1. The molecule has 0 aliphatic heterocycles. The van der Waals surface area contributed by atoms with Crippen molar-refractivity contribution in [2.45, 2.75) is 13.0 Å². The zero-order valence-electron chi connectivity index (χ0n) is 6.78. The fourth-order valence-electron chi connectivity index (χ4n) is 0.464. The molecule has 0 amide bonds. The Kier molecular flexibility index (Phi) is 5.12. The van der Waals surface area contributed by atoms with Crippen LogP contribution in [0.3, 0.4) is 0 Å². The van der Waals surface area contributed by atoms with Crippen LogP contribution in [0, 0.1) is 0 Å². The van der Waals surface area contributed by atoms with Gasteiger partial charge in [-0.15, -0.1) is 0 Å². The summed E-state index contributed by atoms with van der Waals surface area (Å²) in [6.45, 7) is 1.69. The van der Waals surface area contributed by atoms with E-state index in [1.807, 2.05) is 0 Å².